The van der Waals surface area contributed by atoms with Crippen LogP contribution in [0.3, 0.4) is 0 Å². The first-order valence-corrected chi connectivity index (χ1v) is 7.14. The van der Waals surface area contributed by atoms with Crippen LogP contribution in [-0.2, 0) is 4.79 Å². The molecule has 0 aliphatic carbocycles. The maximum absolute atomic E-state index is 13.5. The van der Waals surface area contributed by atoms with Crippen LogP contribution in [-0.4, -0.2) is 34.2 Å². The standard InChI is InChI=1S/C16H10F3N3O3/c17-9-3-4-10(13(19)12(9)18)21-11(23)5-7-22-15(24)8-2-1-6-20-14(8)16(22)25/h1-4,6H,5,7H2,(H,21,23). The van der Waals surface area contributed by atoms with Gasteiger partial charge in [-0.1, -0.05) is 0 Å². The summed E-state index contributed by atoms with van der Waals surface area (Å²) in [6, 6.07) is 4.49. The number of benzene rings is 1. The number of aromatic nitrogens is 1. The molecule has 6 nitrogen and oxygen atoms in total. The van der Waals surface area contributed by atoms with Gasteiger partial charge in [-0.2, -0.15) is 0 Å². The lowest BCUT2D eigenvalue weighted by Gasteiger charge is -2.13. The highest BCUT2D eigenvalue weighted by Crippen LogP contribution is 2.22. The van der Waals surface area contributed by atoms with Crippen molar-refractivity contribution in [2.24, 2.45) is 0 Å². The van der Waals surface area contributed by atoms with Gasteiger partial charge in [0.05, 0.1) is 11.3 Å². The number of hydrogen-bond donors (Lipinski definition) is 1. The Labute approximate surface area is 139 Å². The SMILES string of the molecule is O=C(CCN1C(=O)c2cccnc2C1=O)Nc1ccc(F)c(F)c1F. The zero-order valence-corrected chi connectivity index (χ0v) is 12.6. The van der Waals surface area contributed by atoms with Gasteiger partial charge < -0.3 is 5.32 Å². The van der Waals surface area contributed by atoms with Gasteiger partial charge in [0, 0.05) is 19.2 Å². The molecule has 25 heavy (non-hydrogen) atoms. The predicted molar refractivity (Wildman–Crippen MR) is 79.2 cm³/mol. The summed E-state index contributed by atoms with van der Waals surface area (Å²) in [6.45, 7) is -0.259. The molecule has 0 spiro atoms. The van der Waals surface area contributed by atoms with E-state index in [0.717, 1.165) is 11.0 Å². The van der Waals surface area contributed by atoms with Crippen molar-refractivity contribution in [3.63, 3.8) is 0 Å². The summed E-state index contributed by atoms with van der Waals surface area (Å²) < 4.78 is 39.5. The summed E-state index contributed by atoms with van der Waals surface area (Å²) in [6.07, 6.45) is 1.02. The Kier molecular flexibility index (Phi) is 4.22. The molecule has 0 radical (unpaired) electrons. The lowest BCUT2D eigenvalue weighted by atomic mass is 10.2. The third kappa shape index (κ3) is 2.95. The lowest BCUT2D eigenvalue weighted by molar-refractivity contribution is -0.116. The number of hydrogen-bond acceptors (Lipinski definition) is 4. The first-order valence-electron chi connectivity index (χ1n) is 7.14. The highest BCUT2D eigenvalue weighted by Gasteiger charge is 2.36. The third-order valence-corrected chi connectivity index (χ3v) is 3.60. The molecule has 3 amide bonds. The highest BCUT2D eigenvalue weighted by atomic mass is 19.2. The molecular formula is C16H10F3N3O3. The van der Waals surface area contributed by atoms with E-state index in [-0.39, 0.29) is 24.2 Å². The summed E-state index contributed by atoms with van der Waals surface area (Å²) in [4.78, 5) is 40.7. The number of carbonyl (C=O) groups is 3. The Morgan fingerprint density at radius 1 is 1.08 bits per heavy atom. The number of fused-ring (bicyclic) bond motifs is 1. The van der Waals surface area contributed by atoms with Crippen molar-refractivity contribution in [1.29, 1.82) is 0 Å². The summed E-state index contributed by atoms with van der Waals surface area (Å²) in [5.41, 5.74) is -0.396. The van der Waals surface area contributed by atoms with Crippen molar-refractivity contribution in [2.75, 3.05) is 11.9 Å². The molecule has 0 saturated carbocycles. The molecule has 0 bridgehead atoms. The van der Waals surface area contributed by atoms with Gasteiger partial charge >= 0.3 is 0 Å². The average molecular weight is 349 g/mol. The fourth-order valence-electron chi connectivity index (χ4n) is 2.37. The molecular weight excluding hydrogens is 339 g/mol. The molecule has 1 aromatic heterocycles. The number of anilines is 1. The van der Waals surface area contributed by atoms with Crippen molar-refractivity contribution in [3.05, 3.63) is 59.2 Å². The minimum atomic E-state index is -1.70. The summed E-state index contributed by atoms with van der Waals surface area (Å²) in [7, 11) is 0. The minimum absolute atomic E-state index is 0.000409. The first-order chi connectivity index (χ1) is 11.9. The first kappa shape index (κ1) is 16.6. The number of rotatable bonds is 4. The minimum Gasteiger partial charge on any atom is -0.323 e. The van der Waals surface area contributed by atoms with Crippen LogP contribution in [0.1, 0.15) is 27.3 Å². The van der Waals surface area contributed by atoms with Gasteiger partial charge in [-0.3, -0.25) is 24.3 Å². The molecule has 9 heteroatoms. The van der Waals surface area contributed by atoms with E-state index in [1.54, 1.807) is 0 Å². The molecule has 1 N–H and O–H groups in total. The van der Waals surface area contributed by atoms with Crippen molar-refractivity contribution < 1.29 is 27.6 Å². The zero-order chi connectivity index (χ0) is 18.1. The Bertz CT molecular complexity index is 866. The van der Waals surface area contributed by atoms with Gasteiger partial charge in [0.1, 0.15) is 5.69 Å². The van der Waals surface area contributed by atoms with Crippen LogP contribution in [0.25, 0.3) is 0 Å². The van der Waals surface area contributed by atoms with E-state index < -0.39 is 40.9 Å². The molecule has 128 valence electrons. The van der Waals surface area contributed by atoms with Gasteiger partial charge in [0.25, 0.3) is 11.8 Å². The van der Waals surface area contributed by atoms with Gasteiger partial charge in [-0.15, -0.1) is 0 Å². The van der Waals surface area contributed by atoms with E-state index in [1.807, 2.05) is 0 Å². The number of imide groups is 1. The van der Waals surface area contributed by atoms with Crippen molar-refractivity contribution in [1.82, 2.24) is 9.88 Å². The summed E-state index contributed by atoms with van der Waals surface area (Å²) in [5, 5.41) is 2.07. The van der Waals surface area contributed by atoms with Crippen LogP contribution in [0.4, 0.5) is 18.9 Å². The summed E-state index contributed by atoms with van der Waals surface area (Å²) >= 11 is 0. The average Bonchev–Trinajstić information content (AvgIpc) is 2.85. The number of nitrogens with one attached hydrogen (secondary N) is 1. The van der Waals surface area contributed by atoms with Crippen molar-refractivity contribution >= 4 is 23.4 Å². The van der Waals surface area contributed by atoms with Gasteiger partial charge in [0.15, 0.2) is 17.5 Å². The molecule has 1 aromatic carbocycles. The topological polar surface area (TPSA) is 79.4 Å². The quantitative estimate of drug-likeness (QED) is 0.677. The second-order valence-electron chi connectivity index (χ2n) is 5.18. The largest absolute Gasteiger partial charge is 0.323 e. The normalized spacial score (nSPS) is 13.2. The third-order valence-electron chi connectivity index (χ3n) is 3.60. The molecule has 0 fully saturated rings. The van der Waals surface area contributed by atoms with Gasteiger partial charge in [-0.25, -0.2) is 13.2 Å². The van der Waals surface area contributed by atoms with E-state index in [1.165, 1.54) is 18.3 Å². The summed E-state index contributed by atoms with van der Waals surface area (Å²) in [5.74, 6) is -6.60. The fourth-order valence-corrected chi connectivity index (χ4v) is 2.37. The number of pyridine rings is 1. The number of halogens is 3. The molecule has 3 rings (SSSR count). The molecule has 2 heterocycles. The molecule has 2 aromatic rings. The van der Waals surface area contributed by atoms with E-state index in [4.69, 9.17) is 0 Å². The second kappa shape index (κ2) is 6.34. The Balaban J connectivity index is 1.65. The maximum atomic E-state index is 13.5. The molecule has 0 atom stereocenters. The van der Waals surface area contributed by atoms with Gasteiger partial charge in [0.2, 0.25) is 5.91 Å². The van der Waals surface area contributed by atoms with E-state index in [2.05, 4.69) is 10.3 Å². The van der Waals surface area contributed by atoms with E-state index in [9.17, 15) is 27.6 Å². The lowest BCUT2D eigenvalue weighted by Crippen LogP contribution is -2.33. The van der Waals surface area contributed by atoms with Crippen LogP contribution < -0.4 is 5.32 Å². The fraction of sp³-hybridized carbons (Fsp3) is 0.125. The van der Waals surface area contributed by atoms with Crippen LogP contribution in [0.2, 0.25) is 0 Å². The second-order valence-corrected chi connectivity index (χ2v) is 5.18. The van der Waals surface area contributed by atoms with E-state index in [0.29, 0.717) is 6.07 Å². The number of carbonyl (C=O) groups excluding carboxylic acids is 3. The van der Waals surface area contributed by atoms with Crippen molar-refractivity contribution in [3.8, 4) is 0 Å². The highest BCUT2D eigenvalue weighted by molar-refractivity contribution is 6.20. The number of nitrogens with zero attached hydrogens (tertiary/aromatic N) is 2. The van der Waals surface area contributed by atoms with E-state index >= 15 is 0 Å². The molecule has 0 unspecified atom stereocenters. The van der Waals surface area contributed by atoms with Crippen LogP contribution in [0.15, 0.2) is 30.5 Å². The predicted octanol–water partition coefficient (Wildman–Crippen LogP) is 2.12. The Morgan fingerprint density at radius 2 is 1.84 bits per heavy atom. The maximum Gasteiger partial charge on any atom is 0.280 e. The van der Waals surface area contributed by atoms with Crippen LogP contribution >= 0.6 is 0 Å². The zero-order valence-electron chi connectivity index (χ0n) is 12.6. The molecule has 1 aliphatic rings. The van der Waals surface area contributed by atoms with Gasteiger partial charge in [-0.05, 0) is 24.3 Å². The molecule has 1 aliphatic heterocycles. The Morgan fingerprint density at radius 3 is 2.56 bits per heavy atom. The van der Waals surface area contributed by atoms with Crippen LogP contribution in [0, 0.1) is 17.5 Å². The number of amides is 3. The Hall–Kier alpha value is -3.23. The monoisotopic (exact) mass is 349 g/mol. The smallest absolute Gasteiger partial charge is 0.280 e. The van der Waals surface area contributed by atoms with Crippen molar-refractivity contribution in [2.45, 2.75) is 6.42 Å². The molecule has 0 saturated heterocycles. The van der Waals surface area contributed by atoms with Crippen LogP contribution in [0.5, 0.6) is 0 Å².